The number of fused-ring (bicyclic) bond motifs is 1. The first-order valence-corrected chi connectivity index (χ1v) is 11.9. The number of rotatable bonds is 6. The maximum atomic E-state index is 12.3. The largest absolute Gasteiger partial charge is 0.464 e. The Labute approximate surface area is 216 Å². The van der Waals surface area contributed by atoms with Crippen molar-refractivity contribution in [3.05, 3.63) is 41.1 Å². The van der Waals surface area contributed by atoms with Crippen molar-refractivity contribution in [3.8, 4) is 23.2 Å². The standard InChI is InChI=1S/C27H33N5O5/c1-15(2)36-25(34)17-11-9-16(10-12-17)21-20(29)18(13-28)23-30-24(22(26(3,4)5)31-32(21)23)35-14-19(33)37-27(6,7)8/h9-12,15H,14,29H2,1-8H3. The molecule has 1 aromatic carbocycles. The Bertz CT molecular complexity index is 1370. The van der Waals surface area contributed by atoms with Crippen LogP contribution in [0.5, 0.6) is 5.88 Å². The lowest BCUT2D eigenvalue weighted by molar-refractivity contribution is -0.157. The minimum Gasteiger partial charge on any atom is -0.464 e. The number of anilines is 1. The zero-order valence-corrected chi connectivity index (χ0v) is 22.5. The molecule has 2 aromatic heterocycles. The Balaban J connectivity index is 2.11. The van der Waals surface area contributed by atoms with E-state index in [0.29, 0.717) is 22.5 Å². The van der Waals surface area contributed by atoms with Crippen LogP contribution in [0.3, 0.4) is 0 Å². The van der Waals surface area contributed by atoms with Crippen molar-refractivity contribution in [1.29, 1.82) is 5.26 Å². The average Bonchev–Trinajstić information content (AvgIpc) is 3.05. The first-order valence-electron chi connectivity index (χ1n) is 11.9. The molecule has 0 amide bonds. The quantitative estimate of drug-likeness (QED) is 0.479. The third kappa shape index (κ3) is 6.17. The monoisotopic (exact) mass is 507 g/mol. The molecule has 0 saturated carbocycles. The molecule has 3 rings (SSSR count). The summed E-state index contributed by atoms with van der Waals surface area (Å²) in [7, 11) is 0. The SMILES string of the molecule is CC(C)OC(=O)c1ccc(-c2c(N)c(C#N)c3nc(OCC(=O)OC(C)(C)C)c(C(C)(C)C)nn23)cc1. The van der Waals surface area contributed by atoms with Crippen LogP contribution in [0.1, 0.15) is 77.0 Å². The van der Waals surface area contributed by atoms with Crippen molar-refractivity contribution in [1.82, 2.24) is 14.6 Å². The summed E-state index contributed by atoms with van der Waals surface area (Å²) in [5.41, 5.74) is 7.62. The van der Waals surface area contributed by atoms with E-state index < -0.39 is 23.0 Å². The highest BCUT2D eigenvalue weighted by Crippen LogP contribution is 2.36. The van der Waals surface area contributed by atoms with Crippen molar-refractivity contribution in [2.75, 3.05) is 12.3 Å². The van der Waals surface area contributed by atoms with Gasteiger partial charge >= 0.3 is 11.9 Å². The van der Waals surface area contributed by atoms with Crippen molar-refractivity contribution >= 4 is 23.3 Å². The van der Waals surface area contributed by atoms with Crippen molar-refractivity contribution in [2.45, 2.75) is 72.5 Å². The molecule has 0 aliphatic heterocycles. The molecule has 10 nitrogen and oxygen atoms in total. The summed E-state index contributed by atoms with van der Waals surface area (Å²) in [6.07, 6.45) is -0.242. The third-order valence-electron chi connectivity index (χ3n) is 5.08. The van der Waals surface area contributed by atoms with Crippen LogP contribution < -0.4 is 10.5 Å². The predicted molar refractivity (Wildman–Crippen MR) is 138 cm³/mol. The number of carbonyl (C=O) groups excluding carboxylic acids is 2. The van der Waals surface area contributed by atoms with E-state index in [1.54, 1.807) is 58.9 Å². The fourth-order valence-electron chi connectivity index (χ4n) is 3.56. The highest BCUT2D eigenvalue weighted by Gasteiger charge is 2.29. The van der Waals surface area contributed by atoms with E-state index in [-0.39, 0.29) is 35.5 Å². The second-order valence-corrected chi connectivity index (χ2v) is 10.9. The lowest BCUT2D eigenvalue weighted by Gasteiger charge is -2.22. The van der Waals surface area contributed by atoms with Crippen molar-refractivity contribution in [3.63, 3.8) is 0 Å². The van der Waals surface area contributed by atoms with Crippen LogP contribution in [0, 0.1) is 11.3 Å². The highest BCUT2D eigenvalue weighted by molar-refractivity contribution is 5.91. The zero-order chi connectivity index (χ0) is 27.7. The zero-order valence-electron chi connectivity index (χ0n) is 22.5. The topological polar surface area (TPSA) is 142 Å². The maximum Gasteiger partial charge on any atom is 0.344 e. The predicted octanol–water partition coefficient (Wildman–Crippen LogP) is 4.43. The fourth-order valence-corrected chi connectivity index (χ4v) is 3.56. The van der Waals surface area contributed by atoms with Gasteiger partial charge in [-0.05, 0) is 46.8 Å². The van der Waals surface area contributed by atoms with E-state index in [4.69, 9.17) is 25.0 Å². The minimum absolute atomic E-state index is 0.109. The molecule has 3 aromatic rings. The van der Waals surface area contributed by atoms with E-state index in [9.17, 15) is 14.9 Å². The Kier molecular flexibility index (Phi) is 7.49. The average molecular weight is 508 g/mol. The number of hydrogen-bond donors (Lipinski definition) is 1. The van der Waals surface area contributed by atoms with Crippen LogP contribution >= 0.6 is 0 Å². The van der Waals surface area contributed by atoms with Gasteiger partial charge in [0.2, 0.25) is 5.88 Å². The summed E-state index contributed by atoms with van der Waals surface area (Å²) in [6, 6.07) is 8.76. The summed E-state index contributed by atoms with van der Waals surface area (Å²) < 4.78 is 17.8. The van der Waals surface area contributed by atoms with E-state index in [2.05, 4.69) is 11.1 Å². The summed E-state index contributed by atoms with van der Waals surface area (Å²) in [4.78, 5) is 29.1. The number of nitrogens with two attached hydrogens (primary N) is 1. The van der Waals surface area contributed by atoms with E-state index in [0.717, 1.165) is 0 Å². The van der Waals surface area contributed by atoms with Gasteiger partial charge in [-0.25, -0.2) is 14.1 Å². The molecule has 2 heterocycles. The molecular formula is C27H33N5O5. The molecule has 0 radical (unpaired) electrons. The second kappa shape index (κ2) is 10.1. The molecule has 0 fully saturated rings. The normalized spacial score (nSPS) is 11.9. The molecule has 0 saturated heterocycles. The number of esters is 2. The van der Waals surface area contributed by atoms with Gasteiger partial charge in [0, 0.05) is 11.0 Å². The van der Waals surface area contributed by atoms with Crippen molar-refractivity contribution < 1.29 is 23.8 Å². The molecule has 0 atom stereocenters. The number of hydrogen-bond acceptors (Lipinski definition) is 9. The summed E-state index contributed by atoms with van der Waals surface area (Å²) in [5.74, 6) is -0.881. The summed E-state index contributed by atoms with van der Waals surface area (Å²) in [6.45, 7) is 14.3. The van der Waals surface area contributed by atoms with Crippen LogP contribution in [0.2, 0.25) is 0 Å². The van der Waals surface area contributed by atoms with Gasteiger partial charge in [0.25, 0.3) is 0 Å². The minimum atomic E-state index is -0.664. The van der Waals surface area contributed by atoms with Gasteiger partial charge in [0.05, 0.1) is 23.0 Å². The maximum absolute atomic E-state index is 12.3. The van der Waals surface area contributed by atoms with E-state index in [1.165, 1.54) is 4.52 Å². The second-order valence-electron chi connectivity index (χ2n) is 10.9. The number of ether oxygens (including phenoxy) is 3. The smallest absolute Gasteiger partial charge is 0.344 e. The molecule has 0 aliphatic rings. The number of benzene rings is 1. The number of nitriles is 1. The number of nitrogens with zero attached hydrogens (tertiary/aromatic N) is 4. The Morgan fingerprint density at radius 1 is 1.11 bits per heavy atom. The molecular weight excluding hydrogens is 474 g/mol. The van der Waals surface area contributed by atoms with Crippen LogP contribution in [-0.2, 0) is 19.7 Å². The Morgan fingerprint density at radius 2 is 1.73 bits per heavy atom. The number of carbonyl (C=O) groups is 2. The van der Waals surface area contributed by atoms with Crippen LogP contribution in [0.25, 0.3) is 16.9 Å². The molecule has 0 unspecified atom stereocenters. The lowest BCUT2D eigenvalue weighted by Crippen LogP contribution is -2.28. The molecule has 10 heteroatoms. The molecule has 0 aliphatic carbocycles. The van der Waals surface area contributed by atoms with Gasteiger partial charge in [-0.15, -0.1) is 0 Å². The van der Waals surface area contributed by atoms with Gasteiger partial charge in [0.1, 0.15) is 22.9 Å². The Morgan fingerprint density at radius 3 is 2.24 bits per heavy atom. The fraction of sp³-hybridized carbons (Fsp3) is 0.444. The van der Waals surface area contributed by atoms with E-state index >= 15 is 0 Å². The molecule has 2 N–H and O–H groups in total. The van der Waals surface area contributed by atoms with Gasteiger partial charge in [-0.2, -0.15) is 15.3 Å². The molecule has 0 spiro atoms. The first kappa shape index (κ1) is 27.5. The van der Waals surface area contributed by atoms with Gasteiger partial charge < -0.3 is 19.9 Å². The first-order chi connectivity index (χ1) is 17.1. The van der Waals surface area contributed by atoms with Gasteiger partial charge in [0.15, 0.2) is 12.3 Å². The summed E-state index contributed by atoms with van der Waals surface area (Å²) in [5, 5.41) is 14.6. The van der Waals surface area contributed by atoms with Gasteiger partial charge in [-0.3, -0.25) is 0 Å². The molecule has 196 valence electrons. The van der Waals surface area contributed by atoms with Crippen LogP contribution in [-0.4, -0.2) is 44.8 Å². The van der Waals surface area contributed by atoms with Crippen LogP contribution in [0.4, 0.5) is 5.69 Å². The van der Waals surface area contributed by atoms with Crippen molar-refractivity contribution in [2.24, 2.45) is 0 Å². The highest BCUT2D eigenvalue weighted by atomic mass is 16.6. The Hall–Kier alpha value is -4.13. The van der Waals surface area contributed by atoms with Crippen LogP contribution in [0.15, 0.2) is 24.3 Å². The van der Waals surface area contributed by atoms with E-state index in [1.807, 2.05) is 20.8 Å². The third-order valence-corrected chi connectivity index (χ3v) is 5.08. The summed E-state index contributed by atoms with van der Waals surface area (Å²) >= 11 is 0. The molecule has 0 bridgehead atoms. The number of nitrogen functional groups attached to an aromatic ring is 1. The number of aromatic nitrogens is 3. The molecule has 37 heavy (non-hydrogen) atoms. The lowest BCUT2D eigenvalue weighted by atomic mass is 9.92. The van der Waals surface area contributed by atoms with Gasteiger partial charge in [-0.1, -0.05) is 32.9 Å².